The van der Waals surface area contributed by atoms with Gasteiger partial charge < -0.3 is 9.64 Å². The summed E-state index contributed by atoms with van der Waals surface area (Å²) in [5.74, 6) is 6.36. The van der Waals surface area contributed by atoms with Crippen molar-refractivity contribution in [2.75, 3.05) is 21.2 Å². The summed E-state index contributed by atoms with van der Waals surface area (Å²) < 4.78 is 5.24. The average Bonchev–Trinajstić information content (AvgIpc) is 2.31. The molecule has 0 saturated heterocycles. The molecule has 1 atom stereocenters. The van der Waals surface area contributed by atoms with Crippen LogP contribution in [0.25, 0.3) is 0 Å². The summed E-state index contributed by atoms with van der Waals surface area (Å²) in [6.45, 7) is 4.25. The van der Waals surface area contributed by atoms with E-state index in [0.29, 0.717) is 10.8 Å². The largest absolute Gasteiger partial charge is 0.495 e. The van der Waals surface area contributed by atoms with E-state index in [0.717, 1.165) is 5.56 Å². The van der Waals surface area contributed by atoms with Gasteiger partial charge in [-0.05, 0) is 45.6 Å². The lowest BCUT2D eigenvalue weighted by Crippen LogP contribution is -2.51. The molecule has 0 radical (unpaired) electrons. The minimum absolute atomic E-state index is 0.0290. The molecule has 0 saturated carbocycles. The predicted molar refractivity (Wildman–Crippen MR) is 75.8 cm³/mol. The van der Waals surface area contributed by atoms with Gasteiger partial charge in [-0.15, -0.1) is 0 Å². The van der Waals surface area contributed by atoms with Crippen LogP contribution in [0.1, 0.15) is 25.5 Å². The Labute approximate surface area is 114 Å². The number of likely N-dealkylation sites (N-methyl/N-ethyl adjacent to an activating group) is 1. The van der Waals surface area contributed by atoms with Gasteiger partial charge in [-0.25, -0.2) is 0 Å². The van der Waals surface area contributed by atoms with Crippen molar-refractivity contribution in [3.05, 3.63) is 28.8 Å². The first-order valence-electron chi connectivity index (χ1n) is 5.81. The fraction of sp³-hybridized carbons (Fsp3) is 0.538. The van der Waals surface area contributed by atoms with Crippen LogP contribution in [-0.2, 0) is 0 Å². The second-order valence-electron chi connectivity index (χ2n) is 5.04. The van der Waals surface area contributed by atoms with Crippen LogP contribution in [0.15, 0.2) is 18.2 Å². The van der Waals surface area contributed by atoms with E-state index < -0.39 is 0 Å². The van der Waals surface area contributed by atoms with Gasteiger partial charge in [0.2, 0.25) is 0 Å². The van der Waals surface area contributed by atoms with Crippen molar-refractivity contribution in [1.29, 1.82) is 0 Å². The molecule has 1 aromatic carbocycles. The summed E-state index contributed by atoms with van der Waals surface area (Å²) in [5.41, 5.74) is 3.76. The first-order valence-corrected chi connectivity index (χ1v) is 6.19. The van der Waals surface area contributed by atoms with Crippen LogP contribution in [0.3, 0.4) is 0 Å². The van der Waals surface area contributed by atoms with Crippen LogP contribution in [-0.4, -0.2) is 31.6 Å². The molecule has 0 aromatic heterocycles. The number of ether oxygens (including phenoxy) is 1. The molecule has 1 aromatic rings. The fourth-order valence-electron chi connectivity index (χ4n) is 1.82. The van der Waals surface area contributed by atoms with Gasteiger partial charge >= 0.3 is 0 Å². The third-order valence-corrected chi connectivity index (χ3v) is 3.85. The lowest BCUT2D eigenvalue weighted by molar-refractivity contribution is 0.138. The summed E-state index contributed by atoms with van der Waals surface area (Å²) >= 11 is 6.03. The zero-order valence-electron chi connectivity index (χ0n) is 11.6. The number of hydrogen-bond donors (Lipinski definition) is 2. The quantitative estimate of drug-likeness (QED) is 0.637. The van der Waals surface area contributed by atoms with Crippen molar-refractivity contribution in [3.8, 4) is 5.75 Å². The van der Waals surface area contributed by atoms with Gasteiger partial charge in [-0.3, -0.25) is 11.3 Å². The molecule has 0 aliphatic carbocycles. The number of hydrazine groups is 1. The Bertz CT molecular complexity index is 407. The van der Waals surface area contributed by atoms with Crippen LogP contribution < -0.4 is 16.0 Å². The van der Waals surface area contributed by atoms with Crippen LogP contribution in [0.4, 0.5) is 0 Å². The number of benzene rings is 1. The van der Waals surface area contributed by atoms with Crippen molar-refractivity contribution < 1.29 is 4.74 Å². The summed E-state index contributed by atoms with van der Waals surface area (Å²) in [5, 5.41) is 0.597. The highest BCUT2D eigenvalue weighted by Gasteiger charge is 2.32. The molecule has 4 nitrogen and oxygen atoms in total. The highest BCUT2D eigenvalue weighted by atomic mass is 35.5. The number of hydrogen-bond acceptors (Lipinski definition) is 4. The van der Waals surface area contributed by atoms with E-state index in [9.17, 15) is 0 Å². The SMILES string of the molecule is COc1cc(C(NN)C(C)(C)N(C)C)ccc1Cl. The van der Waals surface area contributed by atoms with Gasteiger partial charge in [0.15, 0.2) is 0 Å². The zero-order chi connectivity index (χ0) is 13.9. The molecule has 1 rings (SSSR count). The van der Waals surface area contributed by atoms with Gasteiger partial charge in [-0.2, -0.15) is 0 Å². The van der Waals surface area contributed by atoms with Gasteiger partial charge in [0.25, 0.3) is 0 Å². The first-order chi connectivity index (χ1) is 8.34. The molecule has 3 N–H and O–H groups in total. The number of nitrogens with one attached hydrogen (secondary N) is 1. The highest BCUT2D eigenvalue weighted by Crippen LogP contribution is 2.33. The van der Waals surface area contributed by atoms with Crippen molar-refractivity contribution in [3.63, 3.8) is 0 Å². The molecule has 0 fully saturated rings. The lowest BCUT2D eigenvalue weighted by atomic mass is 9.88. The minimum Gasteiger partial charge on any atom is -0.495 e. The van der Waals surface area contributed by atoms with E-state index in [-0.39, 0.29) is 11.6 Å². The van der Waals surface area contributed by atoms with Crippen molar-refractivity contribution in [1.82, 2.24) is 10.3 Å². The van der Waals surface area contributed by atoms with Gasteiger partial charge in [0.1, 0.15) is 5.75 Å². The second-order valence-corrected chi connectivity index (χ2v) is 5.45. The summed E-state index contributed by atoms with van der Waals surface area (Å²) in [6, 6.07) is 5.67. The Balaban J connectivity index is 3.17. The summed E-state index contributed by atoms with van der Waals surface area (Å²) in [6.07, 6.45) is 0. The lowest BCUT2D eigenvalue weighted by Gasteiger charge is -2.40. The smallest absolute Gasteiger partial charge is 0.137 e. The molecule has 0 aliphatic rings. The number of halogens is 1. The molecule has 1 unspecified atom stereocenters. The molecule has 0 spiro atoms. The molecule has 18 heavy (non-hydrogen) atoms. The fourth-order valence-corrected chi connectivity index (χ4v) is 2.02. The Morgan fingerprint density at radius 2 is 2.00 bits per heavy atom. The van der Waals surface area contributed by atoms with Crippen molar-refractivity contribution >= 4 is 11.6 Å². The normalized spacial score (nSPS) is 13.8. The number of methoxy groups -OCH3 is 1. The Morgan fingerprint density at radius 1 is 1.39 bits per heavy atom. The van der Waals surface area contributed by atoms with Gasteiger partial charge in [-0.1, -0.05) is 17.7 Å². The molecule has 0 aliphatic heterocycles. The third-order valence-electron chi connectivity index (χ3n) is 3.53. The molecular weight excluding hydrogens is 250 g/mol. The maximum atomic E-state index is 6.03. The number of nitrogens with zero attached hydrogens (tertiary/aromatic N) is 1. The Hall–Kier alpha value is -0.810. The molecule has 0 heterocycles. The standard InChI is InChI=1S/C13H22ClN3O/c1-13(2,17(3)4)12(16-15)9-6-7-10(14)11(8-9)18-5/h6-8,12,16H,15H2,1-5H3. The second kappa shape index (κ2) is 5.89. The Morgan fingerprint density at radius 3 is 2.44 bits per heavy atom. The van der Waals surface area contributed by atoms with Crippen LogP contribution >= 0.6 is 11.6 Å². The van der Waals surface area contributed by atoms with E-state index >= 15 is 0 Å². The van der Waals surface area contributed by atoms with E-state index in [1.165, 1.54) is 0 Å². The van der Waals surface area contributed by atoms with E-state index in [1.54, 1.807) is 7.11 Å². The van der Waals surface area contributed by atoms with Gasteiger partial charge in [0.05, 0.1) is 18.2 Å². The van der Waals surface area contributed by atoms with Crippen LogP contribution in [0.2, 0.25) is 5.02 Å². The predicted octanol–water partition coefficient (Wildman–Crippen LogP) is 2.19. The molecular formula is C13H22ClN3O. The minimum atomic E-state index is -0.145. The molecule has 102 valence electrons. The van der Waals surface area contributed by atoms with Gasteiger partial charge in [0, 0.05) is 5.54 Å². The molecule has 0 bridgehead atoms. The van der Waals surface area contributed by atoms with E-state index in [1.807, 2.05) is 32.3 Å². The maximum absolute atomic E-state index is 6.03. The highest BCUT2D eigenvalue weighted by molar-refractivity contribution is 6.32. The van der Waals surface area contributed by atoms with E-state index in [2.05, 4.69) is 24.2 Å². The molecule has 0 amide bonds. The van der Waals surface area contributed by atoms with E-state index in [4.69, 9.17) is 22.2 Å². The van der Waals surface area contributed by atoms with Crippen LogP contribution in [0, 0.1) is 0 Å². The zero-order valence-corrected chi connectivity index (χ0v) is 12.4. The average molecular weight is 272 g/mol. The summed E-state index contributed by atoms with van der Waals surface area (Å²) in [4.78, 5) is 2.12. The van der Waals surface area contributed by atoms with Crippen molar-refractivity contribution in [2.45, 2.75) is 25.4 Å². The Kier molecular flexibility index (Phi) is 4.99. The monoisotopic (exact) mass is 271 g/mol. The topological polar surface area (TPSA) is 50.5 Å². The first kappa shape index (κ1) is 15.2. The number of nitrogens with two attached hydrogens (primary N) is 1. The summed E-state index contributed by atoms with van der Waals surface area (Å²) in [7, 11) is 5.65. The van der Waals surface area contributed by atoms with Crippen molar-refractivity contribution in [2.24, 2.45) is 5.84 Å². The number of rotatable bonds is 5. The van der Waals surface area contributed by atoms with Crippen LogP contribution in [0.5, 0.6) is 5.75 Å². The third kappa shape index (κ3) is 2.95. The maximum Gasteiger partial charge on any atom is 0.137 e. The molecule has 5 heteroatoms.